The van der Waals surface area contributed by atoms with Gasteiger partial charge in [-0.15, -0.1) is 0 Å². The molecule has 0 fully saturated rings. The molecule has 0 spiro atoms. The number of aromatic nitrogens is 1. The highest BCUT2D eigenvalue weighted by Gasteiger charge is 2.11. The van der Waals surface area contributed by atoms with Crippen LogP contribution >= 0.6 is 0 Å². The second-order valence-corrected chi connectivity index (χ2v) is 5.23. The summed E-state index contributed by atoms with van der Waals surface area (Å²) < 4.78 is 2.23. The smallest absolute Gasteiger partial charge is 0.0565 e. The molecule has 0 atom stereocenters. The van der Waals surface area contributed by atoms with E-state index in [4.69, 9.17) is 0 Å². The molecule has 4 aromatic rings. The molecule has 0 bridgehead atoms. The average Bonchev–Trinajstić information content (AvgIpc) is 2.89. The van der Waals surface area contributed by atoms with Gasteiger partial charge in [0.1, 0.15) is 0 Å². The summed E-state index contributed by atoms with van der Waals surface area (Å²) in [5, 5.41) is 6.78. The van der Waals surface area contributed by atoms with Crippen molar-refractivity contribution < 1.29 is 0 Å². The largest absolute Gasteiger partial charge is 0.350 e. The summed E-state index contributed by atoms with van der Waals surface area (Å²) >= 11 is 0. The normalized spacial score (nSPS) is 11.7. The first-order valence-corrected chi connectivity index (χ1v) is 6.62. The molecule has 4 rings (SSSR count). The van der Waals surface area contributed by atoms with Crippen LogP contribution in [-0.4, -0.2) is 4.57 Å². The van der Waals surface area contributed by atoms with Crippen molar-refractivity contribution in [3.05, 3.63) is 60.3 Å². The van der Waals surface area contributed by atoms with E-state index < -0.39 is 0 Å². The van der Waals surface area contributed by atoms with Gasteiger partial charge >= 0.3 is 0 Å². The van der Waals surface area contributed by atoms with E-state index in [-0.39, 0.29) is 0 Å². The Morgan fingerprint density at radius 2 is 1.37 bits per heavy atom. The van der Waals surface area contributed by atoms with Crippen LogP contribution in [0, 0.1) is 6.92 Å². The molecule has 1 heterocycles. The summed E-state index contributed by atoms with van der Waals surface area (Å²) in [6, 6.07) is 17.5. The predicted octanol–water partition coefficient (Wildman–Crippen LogP) is 4.79. The standard InChI is InChI=1S/C18H15N/c1-12-6-3-9-15-13-7-4-8-14(13)16-10-5-11-19(2)18(16)17(12)15/h3-11H,1-2H3. The van der Waals surface area contributed by atoms with Crippen LogP contribution in [0.15, 0.2) is 54.7 Å². The van der Waals surface area contributed by atoms with E-state index in [1.54, 1.807) is 0 Å². The highest BCUT2D eigenvalue weighted by molar-refractivity contribution is 6.25. The lowest BCUT2D eigenvalue weighted by Crippen LogP contribution is -1.94. The summed E-state index contributed by atoms with van der Waals surface area (Å²) in [5.41, 5.74) is 2.67. The van der Waals surface area contributed by atoms with E-state index in [1.165, 1.54) is 38.0 Å². The minimum Gasteiger partial charge on any atom is -0.350 e. The van der Waals surface area contributed by atoms with Gasteiger partial charge < -0.3 is 4.57 Å². The number of rotatable bonds is 0. The molecule has 19 heavy (non-hydrogen) atoms. The molecule has 0 aliphatic carbocycles. The summed E-state index contributed by atoms with van der Waals surface area (Å²) in [7, 11) is 2.13. The van der Waals surface area contributed by atoms with E-state index in [2.05, 4.69) is 73.3 Å². The van der Waals surface area contributed by atoms with Crippen LogP contribution in [0.25, 0.3) is 32.4 Å². The molecule has 92 valence electrons. The third kappa shape index (κ3) is 1.30. The number of fused-ring (bicyclic) bond motifs is 6. The van der Waals surface area contributed by atoms with E-state index in [0.717, 1.165) is 0 Å². The topological polar surface area (TPSA) is 4.93 Å². The van der Waals surface area contributed by atoms with Crippen molar-refractivity contribution >= 4 is 32.4 Å². The zero-order valence-electron chi connectivity index (χ0n) is 11.1. The number of pyridine rings is 1. The van der Waals surface area contributed by atoms with Gasteiger partial charge in [0, 0.05) is 24.0 Å². The first kappa shape index (κ1) is 10.6. The molecule has 0 aliphatic heterocycles. The van der Waals surface area contributed by atoms with Gasteiger partial charge in [-0.1, -0.05) is 42.5 Å². The van der Waals surface area contributed by atoms with Crippen molar-refractivity contribution in [2.24, 2.45) is 7.05 Å². The van der Waals surface area contributed by atoms with Gasteiger partial charge in [-0.05, 0) is 34.7 Å². The van der Waals surface area contributed by atoms with Crippen molar-refractivity contribution in [1.82, 2.24) is 4.57 Å². The second kappa shape index (κ2) is 3.61. The Balaban J connectivity index is 2.51. The molecule has 1 aromatic heterocycles. The zero-order valence-corrected chi connectivity index (χ0v) is 11.1. The molecule has 0 saturated heterocycles. The van der Waals surface area contributed by atoms with Gasteiger partial charge in [0.15, 0.2) is 0 Å². The van der Waals surface area contributed by atoms with Crippen molar-refractivity contribution in [2.75, 3.05) is 0 Å². The maximum Gasteiger partial charge on any atom is 0.0565 e. The lowest BCUT2D eigenvalue weighted by atomic mass is 9.97. The Morgan fingerprint density at radius 1 is 0.737 bits per heavy atom. The van der Waals surface area contributed by atoms with Crippen LogP contribution in [-0.2, 0) is 7.05 Å². The first-order valence-electron chi connectivity index (χ1n) is 6.62. The van der Waals surface area contributed by atoms with Crippen molar-refractivity contribution in [3.8, 4) is 0 Å². The number of hydrogen-bond donors (Lipinski definition) is 0. The van der Waals surface area contributed by atoms with Crippen LogP contribution < -0.4 is 0 Å². The third-order valence-corrected chi connectivity index (χ3v) is 4.09. The molecule has 1 heteroatoms. The van der Waals surface area contributed by atoms with Crippen LogP contribution in [0.4, 0.5) is 0 Å². The van der Waals surface area contributed by atoms with E-state index in [1.807, 2.05) is 0 Å². The van der Waals surface area contributed by atoms with Gasteiger partial charge in [-0.25, -0.2) is 0 Å². The highest BCUT2D eigenvalue weighted by Crippen LogP contribution is 2.36. The maximum absolute atomic E-state index is 2.23. The highest BCUT2D eigenvalue weighted by atomic mass is 14.9. The van der Waals surface area contributed by atoms with Crippen LogP contribution in [0.3, 0.4) is 0 Å². The van der Waals surface area contributed by atoms with Gasteiger partial charge in [0.05, 0.1) is 5.52 Å². The van der Waals surface area contributed by atoms with Gasteiger partial charge in [-0.2, -0.15) is 0 Å². The number of benzene rings is 2. The van der Waals surface area contributed by atoms with Gasteiger partial charge in [0.2, 0.25) is 0 Å². The Hall–Kier alpha value is -2.28. The Bertz CT molecular complexity index is 853. The Morgan fingerprint density at radius 3 is 2.21 bits per heavy atom. The zero-order chi connectivity index (χ0) is 13.0. The molecule has 3 aromatic carbocycles. The molecule has 1 nitrogen and oxygen atoms in total. The lowest BCUT2D eigenvalue weighted by Gasteiger charge is -2.13. The molecule has 0 radical (unpaired) electrons. The summed E-state index contributed by atoms with van der Waals surface area (Å²) in [6.45, 7) is 2.20. The number of hydrogen-bond acceptors (Lipinski definition) is 0. The minimum atomic E-state index is 1.33. The fourth-order valence-corrected chi connectivity index (χ4v) is 3.24. The summed E-state index contributed by atoms with van der Waals surface area (Å²) in [5.74, 6) is 0. The van der Waals surface area contributed by atoms with Crippen LogP contribution in [0.1, 0.15) is 5.56 Å². The van der Waals surface area contributed by atoms with Gasteiger partial charge in [-0.3, -0.25) is 0 Å². The SMILES string of the molecule is Cc1cccc2c3cccc3c3cccn(C)c3c12. The predicted molar refractivity (Wildman–Crippen MR) is 82.7 cm³/mol. The van der Waals surface area contributed by atoms with Crippen molar-refractivity contribution in [1.29, 1.82) is 0 Å². The molecular formula is C18H15N. The first-order chi connectivity index (χ1) is 9.27. The average molecular weight is 245 g/mol. The molecule has 0 saturated carbocycles. The molecule has 0 aliphatic rings. The monoisotopic (exact) mass is 245 g/mol. The van der Waals surface area contributed by atoms with E-state index >= 15 is 0 Å². The molecule has 0 N–H and O–H groups in total. The molecular weight excluding hydrogens is 230 g/mol. The Labute approximate surface area is 112 Å². The van der Waals surface area contributed by atoms with Crippen LogP contribution in [0.5, 0.6) is 0 Å². The van der Waals surface area contributed by atoms with E-state index in [9.17, 15) is 0 Å². The quantitative estimate of drug-likeness (QED) is 0.392. The fraction of sp³-hybridized carbons (Fsp3) is 0.111. The molecule has 0 amide bonds. The lowest BCUT2D eigenvalue weighted by molar-refractivity contribution is 0.958. The molecule has 0 unspecified atom stereocenters. The maximum atomic E-state index is 2.23. The van der Waals surface area contributed by atoms with E-state index in [0.29, 0.717) is 0 Å². The fourth-order valence-electron chi connectivity index (χ4n) is 3.24. The second-order valence-electron chi connectivity index (χ2n) is 5.23. The minimum absolute atomic E-state index is 1.33. The number of nitrogens with zero attached hydrogens (tertiary/aromatic N) is 1. The van der Waals surface area contributed by atoms with Gasteiger partial charge in [0.25, 0.3) is 0 Å². The summed E-state index contributed by atoms with van der Waals surface area (Å²) in [4.78, 5) is 0. The third-order valence-electron chi connectivity index (χ3n) is 4.09. The van der Waals surface area contributed by atoms with Crippen LogP contribution in [0.2, 0.25) is 0 Å². The summed E-state index contributed by atoms with van der Waals surface area (Å²) in [6.07, 6.45) is 2.13. The van der Waals surface area contributed by atoms with Crippen molar-refractivity contribution in [3.63, 3.8) is 0 Å². The number of aryl methyl sites for hydroxylation is 2. The van der Waals surface area contributed by atoms with Crippen molar-refractivity contribution in [2.45, 2.75) is 6.92 Å². The Kier molecular flexibility index (Phi) is 2.02.